The Hall–Kier alpha value is -2.95. The summed E-state index contributed by atoms with van der Waals surface area (Å²) < 4.78 is 5.36. The number of benzene rings is 2. The van der Waals surface area contributed by atoms with E-state index in [0.29, 0.717) is 12.4 Å². The number of ether oxygens (including phenoxy) is 1. The summed E-state index contributed by atoms with van der Waals surface area (Å²) >= 11 is 5.35. The van der Waals surface area contributed by atoms with Gasteiger partial charge in [0.25, 0.3) is 11.4 Å². The van der Waals surface area contributed by atoms with E-state index in [1.54, 1.807) is 12.1 Å². The topological polar surface area (TPSA) is 122 Å². The Bertz CT molecular complexity index is 805. The molecule has 1 N–H and O–H groups in total. The van der Waals surface area contributed by atoms with Crippen LogP contribution < -0.4 is 4.74 Å². The third kappa shape index (κ3) is 14.6. The predicted octanol–water partition coefficient (Wildman–Crippen LogP) is 3.62. The first-order chi connectivity index (χ1) is 14.6. The molecule has 0 fully saturated rings. The Balaban J connectivity index is 0.000000484. The van der Waals surface area contributed by atoms with Crippen LogP contribution in [0.1, 0.15) is 0 Å². The molecule has 0 saturated heterocycles. The lowest BCUT2D eigenvalue weighted by Gasteiger charge is -2.10. The molecule has 2 aromatic rings. The van der Waals surface area contributed by atoms with Crippen molar-refractivity contribution < 1.29 is 19.7 Å². The van der Waals surface area contributed by atoms with Gasteiger partial charge in [-0.05, 0) is 40.3 Å². The van der Waals surface area contributed by atoms with Gasteiger partial charge in [0.15, 0.2) is 0 Å². The average Bonchev–Trinajstić information content (AvgIpc) is 2.69. The molecule has 0 amide bonds. The maximum Gasteiger partial charge on any atom is 0.273 e. The standard InChI is InChI=1S/C10H14N2O3.C6H5NO3.C4H10ClN/c1-11(2)6-7-15-10-5-3-4-9(8-10)12(13)14;8-6-3-1-2-5(4-6)7(9)10;1-6(2)4-3-5/h3-5,8H,6-7H2,1-2H3;1-4,8H;3-4H2,1-2H3. The van der Waals surface area contributed by atoms with Crippen LogP contribution in [0.4, 0.5) is 11.4 Å². The van der Waals surface area contributed by atoms with Gasteiger partial charge >= 0.3 is 0 Å². The highest BCUT2D eigenvalue weighted by Gasteiger charge is 2.06. The minimum atomic E-state index is -0.556. The van der Waals surface area contributed by atoms with Crippen molar-refractivity contribution >= 4 is 23.0 Å². The summed E-state index contributed by atoms with van der Waals surface area (Å²) in [4.78, 5) is 23.6. The first kappa shape index (κ1) is 28.1. The van der Waals surface area contributed by atoms with Crippen LogP contribution in [-0.2, 0) is 0 Å². The van der Waals surface area contributed by atoms with Crippen LogP contribution >= 0.6 is 11.6 Å². The molecule has 0 radical (unpaired) electrons. The number of nitro benzene ring substituents is 2. The number of non-ortho nitro benzene ring substituents is 2. The number of rotatable bonds is 8. The fraction of sp³-hybridized carbons (Fsp3) is 0.400. The maximum absolute atomic E-state index is 10.5. The first-order valence-corrected chi connectivity index (χ1v) is 9.76. The van der Waals surface area contributed by atoms with Gasteiger partial charge in [-0.15, -0.1) is 11.6 Å². The molecule has 0 atom stereocenters. The van der Waals surface area contributed by atoms with Crippen LogP contribution in [0.2, 0.25) is 0 Å². The zero-order valence-electron chi connectivity index (χ0n) is 18.1. The van der Waals surface area contributed by atoms with Crippen molar-refractivity contribution in [2.24, 2.45) is 0 Å². The number of nitro groups is 2. The van der Waals surface area contributed by atoms with Gasteiger partial charge in [-0.2, -0.15) is 0 Å². The minimum absolute atomic E-state index is 0.0531. The lowest BCUT2D eigenvalue weighted by molar-refractivity contribution is -0.385. The number of halogens is 1. The van der Waals surface area contributed by atoms with E-state index >= 15 is 0 Å². The summed E-state index contributed by atoms with van der Waals surface area (Å²) in [5, 5.41) is 29.3. The molecular weight excluding hydrogens is 428 g/mol. The highest BCUT2D eigenvalue weighted by Crippen LogP contribution is 2.19. The Labute approximate surface area is 186 Å². The zero-order chi connectivity index (χ0) is 23.8. The molecule has 2 aromatic carbocycles. The van der Waals surface area contributed by atoms with Crippen LogP contribution in [0, 0.1) is 20.2 Å². The van der Waals surface area contributed by atoms with Gasteiger partial charge in [0.05, 0.1) is 22.0 Å². The summed E-state index contributed by atoms with van der Waals surface area (Å²) in [6.45, 7) is 2.28. The third-order valence-electron chi connectivity index (χ3n) is 3.41. The Morgan fingerprint density at radius 2 is 1.42 bits per heavy atom. The van der Waals surface area contributed by atoms with Crippen molar-refractivity contribution in [1.29, 1.82) is 0 Å². The molecule has 0 spiro atoms. The normalized spacial score (nSPS) is 9.90. The van der Waals surface area contributed by atoms with Crippen LogP contribution in [0.3, 0.4) is 0 Å². The summed E-state index contributed by atoms with van der Waals surface area (Å²) in [5.74, 6) is 1.17. The molecule has 11 heteroatoms. The van der Waals surface area contributed by atoms with Gasteiger partial charge in [0.2, 0.25) is 0 Å². The van der Waals surface area contributed by atoms with E-state index in [2.05, 4.69) is 0 Å². The van der Waals surface area contributed by atoms with Gasteiger partial charge < -0.3 is 19.6 Å². The van der Waals surface area contributed by atoms with E-state index in [9.17, 15) is 20.2 Å². The van der Waals surface area contributed by atoms with Crippen LogP contribution in [0.25, 0.3) is 0 Å². The molecule has 0 unspecified atom stereocenters. The molecule has 2 rings (SSSR count). The number of nitrogens with zero attached hydrogens (tertiary/aromatic N) is 4. The molecule has 0 aliphatic heterocycles. The second kappa shape index (κ2) is 15.8. The lowest BCUT2D eigenvalue weighted by Crippen LogP contribution is -2.19. The van der Waals surface area contributed by atoms with Crippen molar-refractivity contribution in [1.82, 2.24) is 9.80 Å². The van der Waals surface area contributed by atoms with Gasteiger partial charge in [-0.3, -0.25) is 20.2 Å². The van der Waals surface area contributed by atoms with Gasteiger partial charge in [-0.1, -0.05) is 12.1 Å². The van der Waals surface area contributed by atoms with E-state index in [4.69, 9.17) is 21.4 Å². The fourth-order valence-corrected chi connectivity index (χ4v) is 2.15. The number of aromatic hydroxyl groups is 1. The van der Waals surface area contributed by atoms with Crippen LogP contribution in [-0.4, -0.2) is 78.5 Å². The average molecular weight is 457 g/mol. The molecule has 0 aliphatic rings. The second-order valence-corrected chi connectivity index (χ2v) is 7.05. The minimum Gasteiger partial charge on any atom is -0.508 e. The van der Waals surface area contributed by atoms with Crippen LogP contribution in [0.15, 0.2) is 48.5 Å². The highest BCUT2D eigenvalue weighted by atomic mass is 35.5. The van der Waals surface area contributed by atoms with E-state index in [-0.39, 0.29) is 17.1 Å². The van der Waals surface area contributed by atoms with Crippen molar-refractivity contribution in [3.05, 3.63) is 68.8 Å². The smallest absolute Gasteiger partial charge is 0.273 e. The first-order valence-electron chi connectivity index (χ1n) is 9.23. The maximum atomic E-state index is 10.5. The number of phenols is 1. The summed E-state index contributed by atoms with van der Waals surface area (Å²) in [7, 11) is 7.89. The summed E-state index contributed by atoms with van der Waals surface area (Å²) in [6, 6.07) is 11.4. The number of hydrogen-bond acceptors (Lipinski definition) is 8. The molecule has 0 aliphatic carbocycles. The SMILES string of the molecule is CN(C)CCCl.CN(C)CCOc1cccc([N+](=O)[O-])c1.O=[N+]([O-])c1cccc(O)c1. The Morgan fingerprint density at radius 3 is 1.81 bits per heavy atom. The van der Waals surface area contributed by atoms with Crippen LogP contribution in [0.5, 0.6) is 11.5 Å². The van der Waals surface area contributed by atoms with E-state index < -0.39 is 9.85 Å². The largest absolute Gasteiger partial charge is 0.508 e. The molecule has 0 saturated carbocycles. The molecular formula is C20H29ClN4O6. The molecule has 0 bridgehead atoms. The molecule has 0 heterocycles. The monoisotopic (exact) mass is 456 g/mol. The number of alkyl halides is 1. The summed E-state index contributed by atoms with van der Waals surface area (Å²) in [5.41, 5.74) is -0.0441. The predicted molar refractivity (Wildman–Crippen MR) is 121 cm³/mol. The number of phenolic OH excluding ortho intramolecular Hbond substituents is 1. The van der Waals surface area contributed by atoms with Crippen molar-refractivity contribution in [2.45, 2.75) is 0 Å². The molecule has 172 valence electrons. The van der Waals surface area contributed by atoms with Crippen molar-refractivity contribution in [3.63, 3.8) is 0 Å². The lowest BCUT2D eigenvalue weighted by atomic mass is 10.3. The van der Waals surface area contributed by atoms with Crippen molar-refractivity contribution in [2.75, 3.05) is 53.8 Å². The van der Waals surface area contributed by atoms with E-state index in [1.165, 1.54) is 30.3 Å². The zero-order valence-corrected chi connectivity index (χ0v) is 18.9. The van der Waals surface area contributed by atoms with Crippen molar-refractivity contribution in [3.8, 4) is 11.5 Å². The fourth-order valence-electron chi connectivity index (χ4n) is 1.81. The third-order valence-corrected chi connectivity index (χ3v) is 3.58. The van der Waals surface area contributed by atoms with Gasteiger partial charge in [0, 0.05) is 31.1 Å². The van der Waals surface area contributed by atoms with E-state index in [1.807, 2.05) is 38.0 Å². The molecule has 10 nitrogen and oxygen atoms in total. The Kier molecular flexibility index (Phi) is 14.3. The second-order valence-electron chi connectivity index (χ2n) is 6.68. The Morgan fingerprint density at radius 1 is 0.903 bits per heavy atom. The van der Waals surface area contributed by atoms with Gasteiger partial charge in [0.1, 0.15) is 18.1 Å². The van der Waals surface area contributed by atoms with E-state index in [0.717, 1.165) is 25.0 Å². The quantitative estimate of drug-likeness (QED) is 0.363. The number of hydrogen-bond donors (Lipinski definition) is 1. The summed E-state index contributed by atoms with van der Waals surface area (Å²) in [6.07, 6.45) is 0. The highest BCUT2D eigenvalue weighted by molar-refractivity contribution is 6.18. The molecule has 31 heavy (non-hydrogen) atoms. The number of likely N-dealkylation sites (N-methyl/N-ethyl adjacent to an activating group) is 1. The van der Waals surface area contributed by atoms with Gasteiger partial charge in [-0.25, -0.2) is 0 Å². The molecule has 0 aromatic heterocycles.